The van der Waals surface area contributed by atoms with Crippen LogP contribution in [-0.4, -0.2) is 25.2 Å². The molecule has 0 bridgehead atoms. The van der Waals surface area contributed by atoms with E-state index in [0.717, 1.165) is 38.5 Å². The first-order valence-corrected chi connectivity index (χ1v) is 7.85. The molecule has 0 aliphatic rings. The van der Waals surface area contributed by atoms with Crippen LogP contribution in [0.1, 0.15) is 66.2 Å². The van der Waals surface area contributed by atoms with Crippen LogP contribution in [0.5, 0.6) is 0 Å². The minimum absolute atomic E-state index is 0.287. The number of unbranched alkanes of at least 4 members (excludes halogenated alkanes) is 2. The Kier molecular flexibility index (Phi) is 11.1. The molecule has 0 rings (SSSR count). The van der Waals surface area contributed by atoms with Crippen molar-refractivity contribution in [3.8, 4) is 0 Å². The lowest BCUT2D eigenvalue weighted by Crippen LogP contribution is -2.24. The third kappa shape index (κ3) is 9.82. The van der Waals surface area contributed by atoms with Gasteiger partial charge in [-0.15, -0.1) is 0 Å². The monoisotopic (exact) mass is 286 g/mol. The Morgan fingerprint density at radius 2 is 1.15 bits per heavy atom. The summed E-state index contributed by atoms with van der Waals surface area (Å²) in [7, 11) is 0. The molecule has 0 heterocycles. The van der Waals surface area contributed by atoms with Crippen LogP contribution >= 0.6 is 0 Å². The van der Waals surface area contributed by atoms with E-state index in [2.05, 4.69) is 13.8 Å². The molecule has 0 spiro atoms. The van der Waals surface area contributed by atoms with Crippen molar-refractivity contribution in [2.75, 3.05) is 13.2 Å². The van der Waals surface area contributed by atoms with Gasteiger partial charge in [-0.25, -0.2) is 9.59 Å². The van der Waals surface area contributed by atoms with Gasteiger partial charge in [0.05, 0.1) is 13.2 Å². The van der Waals surface area contributed by atoms with E-state index >= 15 is 0 Å². The van der Waals surface area contributed by atoms with Crippen LogP contribution in [0.15, 0.2) is 0 Å². The molecule has 0 aliphatic carbocycles. The maximum absolute atomic E-state index is 11.5. The highest BCUT2D eigenvalue weighted by atomic mass is 16.6. The summed E-state index contributed by atoms with van der Waals surface area (Å²) in [6, 6.07) is 0. The van der Waals surface area contributed by atoms with Crippen molar-refractivity contribution in [2.24, 2.45) is 11.8 Å². The van der Waals surface area contributed by atoms with Gasteiger partial charge >= 0.3 is 11.9 Å². The molecule has 0 aromatic heterocycles. The smallest absolute Gasteiger partial charge is 0.417 e. The Hall–Kier alpha value is -1.06. The fourth-order valence-corrected chi connectivity index (χ4v) is 1.83. The van der Waals surface area contributed by atoms with Crippen molar-refractivity contribution in [3.63, 3.8) is 0 Å². The predicted molar refractivity (Wildman–Crippen MR) is 79.3 cm³/mol. The second-order valence-corrected chi connectivity index (χ2v) is 5.69. The minimum Gasteiger partial charge on any atom is -0.457 e. The maximum Gasteiger partial charge on any atom is 0.417 e. The number of esters is 2. The Labute approximate surface area is 123 Å². The topological polar surface area (TPSA) is 52.6 Å². The summed E-state index contributed by atoms with van der Waals surface area (Å²) >= 11 is 0. The van der Waals surface area contributed by atoms with Crippen LogP contribution in [0.3, 0.4) is 0 Å². The Bertz CT molecular complexity index is 248. The van der Waals surface area contributed by atoms with Gasteiger partial charge in [-0.05, 0) is 24.7 Å². The Morgan fingerprint density at radius 1 is 0.800 bits per heavy atom. The number of carbonyl (C=O) groups is 2. The third-order valence-corrected chi connectivity index (χ3v) is 3.27. The van der Waals surface area contributed by atoms with Gasteiger partial charge in [0, 0.05) is 0 Å². The van der Waals surface area contributed by atoms with E-state index < -0.39 is 11.9 Å². The zero-order valence-corrected chi connectivity index (χ0v) is 13.4. The molecule has 20 heavy (non-hydrogen) atoms. The number of hydrogen-bond donors (Lipinski definition) is 0. The molecule has 0 aliphatic heterocycles. The lowest BCUT2D eigenvalue weighted by atomic mass is 10.1. The van der Waals surface area contributed by atoms with Crippen molar-refractivity contribution >= 4 is 11.9 Å². The van der Waals surface area contributed by atoms with E-state index in [1.54, 1.807) is 0 Å². The normalized spacial score (nSPS) is 13.6. The van der Waals surface area contributed by atoms with Gasteiger partial charge in [0.2, 0.25) is 0 Å². The van der Waals surface area contributed by atoms with E-state index in [4.69, 9.17) is 9.47 Å². The van der Waals surface area contributed by atoms with Crippen LogP contribution in [0.25, 0.3) is 0 Å². The van der Waals surface area contributed by atoms with E-state index in [0.29, 0.717) is 13.2 Å². The van der Waals surface area contributed by atoms with Crippen molar-refractivity contribution in [1.29, 1.82) is 0 Å². The first-order chi connectivity index (χ1) is 9.51. The first-order valence-electron chi connectivity index (χ1n) is 7.85. The van der Waals surface area contributed by atoms with Crippen LogP contribution in [0, 0.1) is 11.8 Å². The fourth-order valence-electron chi connectivity index (χ4n) is 1.83. The Morgan fingerprint density at radius 3 is 1.45 bits per heavy atom. The van der Waals surface area contributed by atoms with Crippen LogP contribution in [0.4, 0.5) is 0 Å². The minimum atomic E-state index is -0.865. The van der Waals surface area contributed by atoms with Crippen molar-refractivity contribution in [1.82, 2.24) is 0 Å². The molecular formula is C16H30O4. The number of rotatable bonds is 10. The second kappa shape index (κ2) is 11.7. The number of hydrogen-bond acceptors (Lipinski definition) is 4. The molecule has 0 aromatic carbocycles. The molecule has 0 N–H and O–H groups in total. The van der Waals surface area contributed by atoms with E-state index in [-0.39, 0.29) is 11.8 Å². The van der Waals surface area contributed by atoms with Crippen molar-refractivity contribution in [2.45, 2.75) is 66.2 Å². The zero-order valence-electron chi connectivity index (χ0n) is 13.4. The fraction of sp³-hybridized carbons (Fsp3) is 0.875. The van der Waals surface area contributed by atoms with Gasteiger partial charge in [-0.2, -0.15) is 0 Å². The molecule has 0 aromatic rings. The summed E-state index contributed by atoms with van der Waals surface area (Å²) < 4.78 is 9.93. The molecular weight excluding hydrogens is 256 g/mol. The standard InChI is InChI=1S/C16H30O4/c1-5-7-9-13(3)11-19-15(17)16(18)20-12-14(4)10-8-6-2/h13-14H,5-12H2,1-4H3. The summed E-state index contributed by atoms with van der Waals surface area (Å²) in [6.45, 7) is 8.85. The predicted octanol–water partition coefficient (Wildman–Crippen LogP) is 3.73. The van der Waals surface area contributed by atoms with Gasteiger partial charge in [-0.1, -0.05) is 53.4 Å². The average Bonchev–Trinajstić information content (AvgIpc) is 2.45. The van der Waals surface area contributed by atoms with Gasteiger partial charge in [0.1, 0.15) is 0 Å². The summed E-state index contributed by atoms with van der Waals surface area (Å²) in [6.07, 6.45) is 6.47. The number of ether oxygens (including phenoxy) is 2. The van der Waals surface area contributed by atoms with E-state index in [9.17, 15) is 9.59 Å². The van der Waals surface area contributed by atoms with Gasteiger partial charge in [0.25, 0.3) is 0 Å². The summed E-state index contributed by atoms with van der Waals surface area (Å²) in [4.78, 5) is 22.9. The molecule has 0 radical (unpaired) electrons. The molecule has 0 amide bonds. The second-order valence-electron chi connectivity index (χ2n) is 5.69. The molecule has 0 saturated carbocycles. The SMILES string of the molecule is CCCCC(C)COC(=O)C(=O)OCC(C)CCCC. The lowest BCUT2D eigenvalue weighted by molar-refractivity contribution is -0.169. The zero-order chi connectivity index (χ0) is 15.4. The molecule has 2 atom stereocenters. The number of carbonyl (C=O) groups excluding carboxylic acids is 2. The average molecular weight is 286 g/mol. The molecule has 4 heteroatoms. The Balaban J connectivity index is 3.78. The largest absolute Gasteiger partial charge is 0.457 e. The first kappa shape index (κ1) is 18.9. The van der Waals surface area contributed by atoms with Crippen molar-refractivity contribution in [3.05, 3.63) is 0 Å². The highest BCUT2D eigenvalue weighted by Gasteiger charge is 2.19. The van der Waals surface area contributed by atoms with Gasteiger partial charge < -0.3 is 9.47 Å². The van der Waals surface area contributed by atoms with E-state index in [1.165, 1.54) is 0 Å². The van der Waals surface area contributed by atoms with Crippen LogP contribution in [0.2, 0.25) is 0 Å². The van der Waals surface area contributed by atoms with E-state index in [1.807, 2.05) is 13.8 Å². The summed E-state index contributed by atoms with van der Waals surface area (Å²) in [5.74, 6) is -1.16. The summed E-state index contributed by atoms with van der Waals surface area (Å²) in [5, 5.41) is 0. The van der Waals surface area contributed by atoms with Crippen molar-refractivity contribution < 1.29 is 19.1 Å². The summed E-state index contributed by atoms with van der Waals surface area (Å²) in [5.41, 5.74) is 0. The molecule has 0 fully saturated rings. The van der Waals surface area contributed by atoms with Gasteiger partial charge in [0.15, 0.2) is 0 Å². The lowest BCUT2D eigenvalue weighted by Gasteiger charge is -2.13. The highest BCUT2D eigenvalue weighted by molar-refractivity contribution is 6.29. The van der Waals surface area contributed by atoms with Gasteiger partial charge in [-0.3, -0.25) is 0 Å². The molecule has 4 nitrogen and oxygen atoms in total. The van der Waals surface area contributed by atoms with Crippen LogP contribution < -0.4 is 0 Å². The molecule has 118 valence electrons. The quantitative estimate of drug-likeness (QED) is 0.453. The molecule has 0 saturated heterocycles. The molecule has 2 unspecified atom stereocenters. The van der Waals surface area contributed by atoms with Crippen LogP contribution in [-0.2, 0) is 19.1 Å². The maximum atomic E-state index is 11.5. The highest BCUT2D eigenvalue weighted by Crippen LogP contribution is 2.09. The third-order valence-electron chi connectivity index (χ3n) is 3.27.